The average Bonchev–Trinajstić information content (AvgIpc) is 3.83. The van der Waals surface area contributed by atoms with Crippen molar-refractivity contribution in [2.24, 2.45) is 0 Å². The van der Waals surface area contributed by atoms with E-state index in [0.717, 1.165) is 23.9 Å². The molecule has 4 aromatic rings. The number of methoxy groups -OCH3 is 1. The standard InChI is InChI=1S/C32H34F2N4O4/c1-5-32(17-39,26-15-23(31(2,3)41)27(34)29(36-26)19-8-10-22(33)11-9-19)16-35-30(40)21-12-20-13-24(18-6-7-18)37-38-28(20)25(14-21)42-4/h8-15,18,39,41H,5-7,16-17H2,1-4H3,(H,35,40). The van der Waals surface area contributed by atoms with Crippen LogP contribution in [-0.2, 0) is 11.0 Å². The van der Waals surface area contributed by atoms with E-state index in [4.69, 9.17) is 4.74 Å². The Hall–Kier alpha value is -4.02. The number of carbonyl (C=O) groups is 1. The Morgan fingerprint density at radius 2 is 1.81 bits per heavy atom. The average molecular weight is 577 g/mol. The Balaban J connectivity index is 1.51. The molecule has 0 saturated heterocycles. The number of aliphatic hydroxyl groups is 2. The highest BCUT2D eigenvalue weighted by molar-refractivity contribution is 6.00. The van der Waals surface area contributed by atoms with Gasteiger partial charge < -0.3 is 20.3 Å². The number of rotatable bonds is 10. The van der Waals surface area contributed by atoms with Gasteiger partial charge >= 0.3 is 0 Å². The number of fused-ring (bicyclic) bond motifs is 1. The summed E-state index contributed by atoms with van der Waals surface area (Å²) < 4.78 is 34.8. The number of amides is 1. The molecule has 8 nitrogen and oxygen atoms in total. The lowest BCUT2D eigenvalue weighted by molar-refractivity contribution is 0.0738. The van der Waals surface area contributed by atoms with Crippen LogP contribution in [0.4, 0.5) is 8.78 Å². The molecule has 3 N–H and O–H groups in total. The molecule has 1 saturated carbocycles. The zero-order valence-electron chi connectivity index (χ0n) is 24.0. The van der Waals surface area contributed by atoms with Gasteiger partial charge in [0.2, 0.25) is 0 Å². The normalized spacial score (nSPS) is 15.0. The van der Waals surface area contributed by atoms with Crippen LogP contribution < -0.4 is 10.1 Å². The zero-order chi connectivity index (χ0) is 30.2. The van der Waals surface area contributed by atoms with Gasteiger partial charge in [-0.1, -0.05) is 6.92 Å². The Labute approximate surface area is 242 Å². The van der Waals surface area contributed by atoms with Gasteiger partial charge in [0, 0.05) is 34.5 Å². The molecule has 1 atom stereocenters. The van der Waals surface area contributed by atoms with E-state index < -0.39 is 35.2 Å². The van der Waals surface area contributed by atoms with Gasteiger partial charge in [-0.3, -0.25) is 4.79 Å². The summed E-state index contributed by atoms with van der Waals surface area (Å²) in [6.45, 7) is 4.27. The quantitative estimate of drug-likeness (QED) is 0.239. The lowest BCUT2D eigenvalue weighted by Crippen LogP contribution is -2.44. The van der Waals surface area contributed by atoms with Crippen LogP contribution in [0, 0.1) is 11.6 Å². The third-order valence-corrected chi connectivity index (χ3v) is 8.00. The van der Waals surface area contributed by atoms with Crippen LogP contribution in [0.25, 0.3) is 22.2 Å². The molecule has 0 aliphatic heterocycles. The third kappa shape index (κ3) is 5.69. The van der Waals surface area contributed by atoms with Crippen molar-refractivity contribution in [3.05, 3.63) is 82.7 Å². The highest BCUT2D eigenvalue weighted by atomic mass is 19.1. The van der Waals surface area contributed by atoms with Crippen LogP contribution in [0.2, 0.25) is 0 Å². The Kier molecular flexibility index (Phi) is 7.96. The number of nitrogens with zero attached hydrogens (tertiary/aromatic N) is 3. The molecule has 42 heavy (non-hydrogen) atoms. The zero-order valence-corrected chi connectivity index (χ0v) is 24.0. The Bertz CT molecular complexity index is 1630. The van der Waals surface area contributed by atoms with Crippen molar-refractivity contribution in [3.63, 3.8) is 0 Å². The van der Waals surface area contributed by atoms with E-state index in [2.05, 4.69) is 20.5 Å². The molecule has 2 heterocycles. The summed E-state index contributed by atoms with van der Waals surface area (Å²) in [7, 11) is 1.50. The molecule has 2 aromatic heterocycles. The summed E-state index contributed by atoms with van der Waals surface area (Å²) in [6.07, 6.45) is 2.46. The van der Waals surface area contributed by atoms with Crippen LogP contribution in [0.5, 0.6) is 5.75 Å². The first kappa shape index (κ1) is 29.5. The van der Waals surface area contributed by atoms with E-state index in [-0.39, 0.29) is 23.5 Å². The van der Waals surface area contributed by atoms with Crippen LogP contribution in [-0.4, -0.2) is 51.6 Å². The Morgan fingerprint density at radius 1 is 1.10 bits per heavy atom. The van der Waals surface area contributed by atoms with E-state index in [9.17, 15) is 19.4 Å². The van der Waals surface area contributed by atoms with Crippen molar-refractivity contribution >= 4 is 16.8 Å². The molecule has 0 bridgehead atoms. The summed E-state index contributed by atoms with van der Waals surface area (Å²) in [5.74, 6) is -0.844. The van der Waals surface area contributed by atoms with E-state index in [1.807, 2.05) is 13.0 Å². The number of benzene rings is 2. The van der Waals surface area contributed by atoms with Crippen molar-refractivity contribution in [1.29, 1.82) is 0 Å². The molecule has 1 unspecified atom stereocenters. The number of aromatic nitrogens is 3. The lowest BCUT2D eigenvalue weighted by atomic mass is 9.80. The van der Waals surface area contributed by atoms with E-state index >= 15 is 4.39 Å². The maximum atomic E-state index is 15.7. The first-order chi connectivity index (χ1) is 20.0. The van der Waals surface area contributed by atoms with Crippen molar-refractivity contribution in [2.75, 3.05) is 20.3 Å². The molecular weight excluding hydrogens is 542 g/mol. The van der Waals surface area contributed by atoms with Gasteiger partial charge in [0.25, 0.3) is 5.91 Å². The molecule has 0 radical (unpaired) electrons. The number of pyridine rings is 1. The molecule has 220 valence electrons. The molecule has 10 heteroatoms. The van der Waals surface area contributed by atoms with Gasteiger partial charge in [-0.05, 0) is 81.6 Å². The van der Waals surface area contributed by atoms with Gasteiger partial charge in [0.1, 0.15) is 22.8 Å². The van der Waals surface area contributed by atoms with Crippen molar-refractivity contribution in [3.8, 4) is 17.0 Å². The lowest BCUT2D eigenvalue weighted by Gasteiger charge is -2.32. The summed E-state index contributed by atoms with van der Waals surface area (Å²) in [5.41, 5.74) is -0.452. The van der Waals surface area contributed by atoms with E-state index in [0.29, 0.717) is 34.7 Å². The molecule has 1 aliphatic rings. The minimum Gasteiger partial charge on any atom is -0.494 e. The smallest absolute Gasteiger partial charge is 0.251 e. The minimum atomic E-state index is -1.58. The topological polar surface area (TPSA) is 117 Å². The van der Waals surface area contributed by atoms with Gasteiger partial charge in [0.15, 0.2) is 5.82 Å². The molecule has 0 spiro atoms. The molecule has 5 rings (SSSR count). The largest absolute Gasteiger partial charge is 0.494 e. The van der Waals surface area contributed by atoms with Crippen LogP contribution in [0.3, 0.4) is 0 Å². The van der Waals surface area contributed by atoms with Crippen molar-refractivity contribution < 1.29 is 28.5 Å². The number of halogens is 2. The molecular formula is C32H34F2N4O4. The third-order valence-electron chi connectivity index (χ3n) is 8.00. The molecule has 1 fully saturated rings. The first-order valence-corrected chi connectivity index (χ1v) is 13.9. The van der Waals surface area contributed by atoms with Gasteiger partial charge in [-0.15, -0.1) is 5.10 Å². The SMILES string of the molecule is CCC(CO)(CNC(=O)c1cc(OC)c2nnc(C3CC3)cc2c1)c1cc(C(C)(C)O)c(F)c(-c2ccc(F)cc2)n1. The number of hydrogen-bond acceptors (Lipinski definition) is 7. The first-order valence-electron chi connectivity index (χ1n) is 13.9. The fourth-order valence-electron chi connectivity index (χ4n) is 5.05. The molecule has 1 amide bonds. The molecule has 2 aromatic carbocycles. The summed E-state index contributed by atoms with van der Waals surface area (Å²) in [5, 5.41) is 33.7. The number of aliphatic hydroxyl groups excluding tert-OH is 1. The van der Waals surface area contributed by atoms with Crippen molar-refractivity contribution in [1.82, 2.24) is 20.5 Å². The fourth-order valence-corrected chi connectivity index (χ4v) is 5.05. The van der Waals surface area contributed by atoms with Crippen LogP contribution >= 0.6 is 0 Å². The maximum Gasteiger partial charge on any atom is 0.251 e. The predicted octanol–water partition coefficient (Wildman–Crippen LogP) is 5.15. The summed E-state index contributed by atoms with van der Waals surface area (Å²) in [6, 6.07) is 11.9. The number of carbonyl (C=O) groups excluding carboxylic acids is 1. The second kappa shape index (κ2) is 11.3. The molecule has 1 aliphatic carbocycles. The second-order valence-corrected chi connectivity index (χ2v) is 11.4. The predicted molar refractivity (Wildman–Crippen MR) is 154 cm³/mol. The summed E-state index contributed by atoms with van der Waals surface area (Å²) in [4.78, 5) is 18.0. The second-order valence-electron chi connectivity index (χ2n) is 11.4. The van der Waals surface area contributed by atoms with Gasteiger partial charge in [0.05, 0.1) is 36.1 Å². The maximum absolute atomic E-state index is 15.7. The van der Waals surface area contributed by atoms with Crippen LogP contribution in [0.15, 0.2) is 48.5 Å². The van der Waals surface area contributed by atoms with E-state index in [1.54, 1.807) is 12.1 Å². The number of nitrogens with one attached hydrogen (secondary N) is 1. The van der Waals surface area contributed by atoms with E-state index in [1.165, 1.54) is 51.3 Å². The number of ether oxygens (including phenoxy) is 1. The van der Waals surface area contributed by atoms with Crippen LogP contribution in [0.1, 0.15) is 73.3 Å². The highest BCUT2D eigenvalue weighted by Crippen LogP contribution is 2.40. The number of hydrogen-bond donors (Lipinski definition) is 3. The van der Waals surface area contributed by atoms with Gasteiger partial charge in [-0.25, -0.2) is 13.8 Å². The van der Waals surface area contributed by atoms with Crippen molar-refractivity contribution in [2.45, 2.75) is 57.0 Å². The summed E-state index contributed by atoms with van der Waals surface area (Å²) >= 11 is 0. The monoisotopic (exact) mass is 576 g/mol. The van der Waals surface area contributed by atoms with Gasteiger partial charge in [-0.2, -0.15) is 5.10 Å². The minimum absolute atomic E-state index is 0.0312. The highest BCUT2D eigenvalue weighted by Gasteiger charge is 2.36. The Morgan fingerprint density at radius 3 is 2.40 bits per heavy atom. The fraction of sp³-hybridized carbons (Fsp3) is 0.375.